The van der Waals surface area contributed by atoms with Crippen molar-refractivity contribution >= 4 is 11.6 Å². The molecule has 12 aromatic rings. The Labute approximate surface area is 590 Å². The molecule has 0 aliphatic rings. The van der Waals surface area contributed by atoms with Gasteiger partial charge < -0.3 is 28.7 Å². The summed E-state index contributed by atoms with van der Waals surface area (Å²) in [7, 11) is 1.68. The summed E-state index contributed by atoms with van der Waals surface area (Å²) in [6, 6.07) is 34.6. The number of benzene rings is 5. The molecule has 2 N–H and O–H groups in total. The fraction of sp³-hybridized carbons (Fsp3) is 0.350. The van der Waals surface area contributed by atoms with Crippen LogP contribution in [0.3, 0.4) is 0 Å². The van der Waals surface area contributed by atoms with Crippen LogP contribution < -0.4 is 4.74 Å². The molecule has 0 amide bonds. The Bertz CT molecular complexity index is 4360. The van der Waals surface area contributed by atoms with Gasteiger partial charge in [0, 0.05) is 60.4 Å². The molecule has 0 unspecified atom stereocenters. The minimum atomic E-state index is -0.205. The lowest BCUT2D eigenvalue weighted by Gasteiger charge is -2.13. The Kier molecular flexibility index (Phi) is 28.1. The summed E-state index contributed by atoms with van der Waals surface area (Å²) in [5, 5.41) is 23.9. The maximum Gasteiger partial charge on any atom is 0.150 e. The van der Waals surface area contributed by atoms with Crippen molar-refractivity contribution in [2.24, 2.45) is 0 Å². The SMILES string of the molecule is CC(C)c1ccc(-n2ccnc2)c(CO)c1.CCc1ncn(-c2ccc(C(C)C)cc2OC)n1.Cc1cn(-c2ccc(C(C)C)cc2C)cn1.Cc1cn(-c2ccc(C(C)C)cc2F)cn1.Cc1cn(-c2ccc(C(C)C)cn2)cn1.Cc1ncn(-c2ccc(C(C)C)cc2CO)c1Cl. The lowest BCUT2D eigenvalue weighted by Crippen LogP contribution is -2.01. The van der Waals surface area contributed by atoms with Crippen molar-refractivity contribution in [2.45, 2.75) is 180 Å². The highest BCUT2D eigenvalue weighted by Crippen LogP contribution is 2.30. The highest BCUT2D eigenvalue weighted by atomic mass is 35.5. The Morgan fingerprint density at radius 3 is 1.35 bits per heavy atom. The van der Waals surface area contributed by atoms with Gasteiger partial charge in [0.25, 0.3) is 0 Å². The molecule has 522 valence electrons. The molecule has 0 radical (unpaired) electrons. The maximum absolute atomic E-state index is 13.9. The minimum Gasteiger partial charge on any atom is -0.494 e. The monoisotopic (exact) mass is 1360 g/mol. The zero-order chi connectivity index (χ0) is 72.2. The van der Waals surface area contributed by atoms with Crippen LogP contribution in [0.4, 0.5) is 4.39 Å². The number of aromatic nitrogens is 14. The zero-order valence-corrected chi connectivity index (χ0v) is 61.9. The molecule has 0 bridgehead atoms. The fourth-order valence-corrected chi connectivity index (χ4v) is 10.6. The summed E-state index contributed by atoms with van der Waals surface area (Å²) in [4.78, 5) is 29.4. The van der Waals surface area contributed by atoms with Crippen LogP contribution in [0.5, 0.6) is 5.75 Å². The van der Waals surface area contributed by atoms with E-state index in [1.165, 1.54) is 39.1 Å². The van der Waals surface area contributed by atoms with Crippen LogP contribution >= 0.6 is 11.6 Å². The normalized spacial score (nSPS) is 11.0. The molecule has 0 aliphatic heterocycles. The van der Waals surface area contributed by atoms with Crippen LogP contribution in [0.1, 0.15) is 204 Å². The summed E-state index contributed by atoms with van der Waals surface area (Å²) >= 11 is 6.19. The summed E-state index contributed by atoms with van der Waals surface area (Å²) < 4.78 is 30.5. The number of aliphatic hydroxyl groups is 2. The second-order valence-electron chi connectivity index (χ2n) is 26.3. The van der Waals surface area contributed by atoms with Gasteiger partial charge in [-0.2, -0.15) is 5.10 Å². The van der Waals surface area contributed by atoms with E-state index in [4.69, 9.17) is 16.3 Å². The van der Waals surface area contributed by atoms with E-state index in [9.17, 15) is 14.6 Å². The molecule has 0 saturated heterocycles. The minimum absolute atomic E-state index is 0.0105. The van der Waals surface area contributed by atoms with Gasteiger partial charge in [-0.1, -0.05) is 156 Å². The first-order valence-corrected chi connectivity index (χ1v) is 34.2. The molecule has 7 heterocycles. The summed E-state index contributed by atoms with van der Waals surface area (Å²) in [5.74, 6) is 5.21. The molecule has 19 heteroatoms. The third kappa shape index (κ3) is 21.0. The first kappa shape index (κ1) is 76.7. The highest BCUT2D eigenvalue weighted by molar-refractivity contribution is 6.30. The molecule has 17 nitrogen and oxygen atoms in total. The summed E-state index contributed by atoms with van der Waals surface area (Å²) in [6.07, 6.45) is 22.6. The van der Waals surface area contributed by atoms with Crippen molar-refractivity contribution < 1.29 is 19.3 Å². The van der Waals surface area contributed by atoms with Crippen LogP contribution in [0.25, 0.3) is 34.3 Å². The van der Waals surface area contributed by atoms with E-state index in [0.29, 0.717) is 46.3 Å². The average molecular weight is 1360 g/mol. The van der Waals surface area contributed by atoms with Crippen molar-refractivity contribution in [1.82, 2.24) is 67.5 Å². The first-order chi connectivity index (χ1) is 47.2. The fourth-order valence-electron chi connectivity index (χ4n) is 10.4. The number of halogens is 2. The number of pyridine rings is 1. The smallest absolute Gasteiger partial charge is 0.150 e. The number of ether oxygens (including phenoxy) is 1. The van der Waals surface area contributed by atoms with Gasteiger partial charge in [0.2, 0.25) is 0 Å². The number of aryl methyl sites for hydroxylation is 6. The van der Waals surface area contributed by atoms with Crippen LogP contribution in [0.15, 0.2) is 178 Å². The predicted molar refractivity (Wildman–Crippen MR) is 398 cm³/mol. The zero-order valence-electron chi connectivity index (χ0n) is 61.1. The molecule has 7 aromatic heterocycles. The van der Waals surface area contributed by atoms with Crippen molar-refractivity contribution in [3.05, 3.63) is 268 Å². The van der Waals surface area contributed by atoms with Crippen LogP contribution in [0, 0.1) is 40.4 Å². The van der Waals surface area contributed by atoms with Gasteiger partial charge in [-0.15, -0.1) is 0 Å². The number of rotatable bonds is 16. The van der Waals surface area contributed by atoms with Gasteiger partial charge in [-0.05, 0) is 158 Å². The molecule has 0 aliphatic carbocycles. The van der Waals surface area contributed by atoms with Crippen molar-refractivity contribution in [3.63, 3.8) is 0 Å². The molecule has 0 saturated carbocycles. The topological polar surface area (TPSA) is 182 Å². The lowest BCUT2D eigenvalue weighted by atomic mass is 10.00. The molecule has 0 spiro atoms. The first-order valence-electron chi connectivity index (χ1n) is 33.9. The second kappa shape index (κ2) is 36.3. The van der Waals surface area contributed by atoms with Crippen LogP contribution in [-0.4, -0.2) is 84.8 Å². The average Bonchev–Trinajstić information content (AvgIpc) is 1.79. The highest BCUT2D eigenvalue weighted by Gasteiger charge is 2.15. The van der Waals surface area contributed by atoms with Gasteiger partial charge in [0.15, 0.2) is 5.82 Å². The van der Waals surface area contributed by atoms with Gasteiger partial charge in [-0.3, -0.25) is 9.13 Å². The molecule has 0 fully saturated rings. The van der Waals surface area contributed by atoms with E-state index in [-0.39, 0.29) is 19.0 Å². The number of imidazole rings is 5. The van der Waals surface area contributed by atoms with Gasteiger partial charge >= 0.3 is 0 Å². The van der Waals surface area contributed by atoms with E-state index in [1.54, 1.807) is 70.9 Å². The summed E-state index contributed by atoms with van der Waals surface area (Å²) in [6.45, 7) is 37.7. The lowest BCUT2D eigenvalue weighted by molar-refractivity contribution is 0.281. The number of hydrogen-bond donors (Lipinski definition) is 2. The Morgan fingerprint density at radius 2 is 0.929 bits per heavy atom. The largest absolute Gasteiger partial charge is 0.494 e. The standard InChI is InChI=1S/C14H17ClN2O.C14H19N3O.C14H18N2.C13H15FN2.C13H16N2O.C12H15N3/c1-9(2)11-4-5-13(12(6-11)7-18)17-8-16-10(3)14(17)15;1-5-14-15-9-17(16-14)12-7-6-11(10(2)3)8-13(12)18-4;1-10(2)13-5-6-14(11(3)7-13)16-8-12(4)15-9-16;1-9(2)11-4-5-13(12(14)6-11)16-7-10(3)15-8-16;1-10(2)11-3-4-13(12(7-11)8-16)15-6-5-14-9-15;1-9(2)11-4-5-12(13-6-11)15-7-10(3)14-8-15/h4-6,8-9,18H,7H2,1-3H3;6-10H,5H2,1-4H3;5-10H,1-4H3;4-9H,1-3H3;3-7,9-10,16H,8H2,1-2H3;4-9H,1-3H3. The molecule has 0 atom stereocenters. The number of aliphatic hydroxyl groups excluding tert-OH is 2. The Morgan fingerprint density at radius 1 is 0.465 bits per heavy atom. The number of methoxy groups -OCH3 is 1. The molecule has 5 aromatic carbocycles. The van der Waals surface area contributed by atoms with E-state index in [2.05, 4.69) is 195 Å². The third-order valence-corrected chi connectivity index (χ3v) is 17.1. The van der Waals surface area contributed by atoms with Crippen molar-refractivity contribution in [1.29, 1.82) is 0 Å². The van der Waals surface area contributed by atoms with Gasteiger partial charge in [-0.25, -0.2) is 44.0 Å². The van der Waals surface area contributed by atoms with E-state index in [0.717, 1.165) is 80.3 Å². The van der Waals surface area contributed by atoms with E-state index < -0.39 is 0 Å². The van der Waals surface area contributed by atoms with E-state index in [1.807, 2.05) is 111 Å². The van der Waals surface area contributed by atoms with E-state index >= 15 is 0 Å². The molecule has 12 rings (SSSR count). The van der Waals surface area contributed by atoms with Gasteiger partial charge in [0.05, 0.1) is 79.1 Å². The number of nitrogens with zero attached hydrogens (tertiary/aromatic N) is 14. The van der Waals surface area contributed by atoms with Gasteiger partial charge in [0.1, 0.15) is 47.2 Å². The van der Waals surface area contributed by atoms with Crippen LogP contribution in [0.2, 0.25) is 5.15 Å². The third-order valence-electron chi connectivity index (χ3n) is 16.7. The van der Waals surface area contributed by atoms with Crippen LogP contribution in [-0.2, 0) is 19.6 Å². The second-order valence-corrected chi connectivity index (χ2v) is 26.7. The van der Waals surface area contributed by atoms with Crippen molar-refractivity contribution in [2.75, 3.05) is 7.11 Å². The summed E-state index contributed by atoms with van der Waals surface area (Å²) in [5.41, 5.74) is 18.7. The maximum atomic E-state index is 13.9. The Hall–Kier alpha value is -9.62. The van der Waals surface area contributed by atoms with Crippen molar-refractivity contribution in [3.8, 4) is 40.0 Å². The molecule has 99 heavy (non-hydrogen) atoms. The quantitative estimate of drug-likeness (QED) is 0.0939. The molecular formula is C80H100ClFN14O3. The molecular weight excluding hydrogens is 1260 g/mol. The Balaban J connectivity index is 0.000000167. The predicted octanol–water partition coefficient (Wildman–Crippen LogP) is 18.7. The number of hydrogen-bond acceptors (Lipinski definition) is 11.